The molecule has 9 heteroatoms. The van der Waals surface area contributed by atoms with Gasteiger partial charge >= 0.3 is 0 Å². The summed E-state index contributed by atoms with van der Waals surface area (Å²) in [6, 6.07) is 7.47. The summed E-state index contributed by atoms with van der Waals surface area (Å²) in [5.74, 6) is -0.559. The van der Waals surface area contributed by atoms with E-state index in [2.05, 4.69) is 9.98 Å². The molecule has 0 spiro atoms. The maximum Gasteiger partial charge on any atom is 0.248 e. The number of anilines is 1. The van der Waals surface area contributed by atoms with Gasteiger partial charge in [0.25, 0.3) is 0 Å². The Balaban J connectivity index is 1.91. The highest BCUT2D eigenvalue weighted by atomic mass is 35.5. The maximum absolute atomic E-state index is 13.5. The number of piperidine rings is 1. The molecule has 0 radical (unpaired) electrons. The summed E-state index contributed by atoms with van der Waals surface area (Å²) < 4.78 is 13.5. The van der Waals surface area contributed by atoms with Gasteiger partial charge in [0.2, 0.25) is 5.91 Å². The molecule has 1 saturated heterocycles. The van der Waals surface area contributed by atoms with Crippen LogP contribution in [0.2, 0.25) is 5.02 Å². The lowest BCUT2D eigenvalue weighted by atomic mass is 9.84. The second-order valence-electron chi connectivity index (χ2n) is 7.60. The third kappa shape index (κ3) is 4.86. The molecule has 2 heterocycles. The number of aliphatic imine (C=N–C) groups is 1. The average molecular weight is 446 g/mol. The maximum atomic E-state index is 13.5. The van der Waals surface area contributed by atoms with E-state index >= 15 is 0 Å². The van der Waals surface area contributed by atoms with E-state index in [1.807, 2.05) is 4.90 Å². The Kier molecular flexibility index (Phi) is 6.62. The van der Waals surface area contributed by atoms with Crippen molar-refractivity contribution < 1.29 is 14.3 Å². The van der Waals surface area contributed by atoms with Gasteiger partial charge in [-0.25, -0.2) is 9.37 Å². The van der Waals surface area contributed by atoms with Crippen LogP contribution < -0.4 is 16.4 Å². The van der Waals surface area contributed by atoms with Gasteiger partial charge in [-0.1, -0.05) is 17.7 Å². The number of halogens is 2. The van der Waals surface area contributed by atoms with Gasteiger partial charge in [0.1, 0.15) is 11.6 Å². The van der Waals surface area contributed by atoms with Crippen LogP contribution in [0.25, 0.3) is 5.57 Å². The fraction of sp³-hybridized carbons (Fsp3) is 0.318. The van der Waals surface area contributed by atoms with Crippen LogP contribution in [0.3, 0.4) is 0 Å². The highest BCUT2D eigenvalue weighted by molar-refractivity contribution is 6.30. The molecule has 1 fully saturated rings. The zero-order valence-electron chi connectivity index (χ0n) is 17.4. The molecule has 31 heavy (non-hydrogen) atoms. The summed E-state index contributed by atoms with van der Waals surface area (Å²) in [4.78, 5) is 22.5. The number of aliphatic hydroxyl groups is 1. The molecule has 5 N–H and O–H groups in total. The van der Waals surface area contributed by atoms with Crippen LogP contribution in [0.4, 0.5) is 10.2 Å². The molecule has 0 unspecified atom stereocenters. The number of carbonyl (C=O) groups is 1. The van der Waals surface area contributed by atoms with E-state index in [-0.39, 0.29) is 5.02 Å². The van der Waals surface area contributed by atoms with Crippen molar-refractivity contribution in [2.45, 2.75) is 25.4 Å². The number of nitrogens with two attached hydrogens (primary N) is 2. The van der Waals surface area contributed by atoms with Crippen molar-refractivity contribution in [3.8, 4) is 0 Å². The van der Waals surface area contributed by atoms with Crippen molar-refractivity contribution in [2.24, 2.45) is 16.5 Å². The molecule has 1 aromatic carbocycles. The molecule has 0 atom stereocenters. The second kappa shape index (κ2) is 9.03. The molecule has 1 aliphatic heterocycles. The number of amides is 1. The number of carbonyl (C=O) groups excluding carboxylic acids is 1. The number of nitrogens with zero attached hydrogens (tertiary/aromatic N) is 3. The summed E-state index contributed by atoms with van der Waals surface area (Å²) in [5, 5.41) is 11.1. The molecule has 1 aromatic heterocycles. The Morgan fingerprint density at radius 3 is 2.52 bits per heavy atom. The molecule has 1 aliphatic rings. The minimum absolute atomic E-state index is 0.0251. The van der Waals surface area contributed by atoms with Crippen LogP contribution in [0, 0.1) is 5.82 Å². The number of allylic oxidation sites excluding steroid dienone is 2. The number of benzene rings is 1. The highest BCUT2D eigenvalue weighted by Gasteiger charge is 2.35. The third-order valence-corrected chi connectivity index (χ3v) is 5.72. The standard InChI is InChI=1S/C22H25ClFN5O2/c1-13(25)16(12-27-2)19-9-14(21(26)30)10-20(28-19)29-7-5-22(31,6-8-29)15-3-4-18(24)17(23)11-15/h3-4,9-12,31H,5-8,25H2,1-2H3,(H2,26,30)/b16-13+,27-12?. The minimum atomic E-state index is -1.13. The topological polar surface area (TPSA) is 118 Å². The van der Waals surface area contributed by atoms with Gasteiger partial charge in [-0.3, -0.25) is 9.79 Å². The molecule has 1 amide bonds. The predicted octanol–water partition coefficient (Wildman–Crippen LogP) is 2.85. The zero-order chi connectivity index (χ0) is 22.8. The van der Waals surface area contributed by atoms with E-state index in [0.717, 1.165) is 0 Å². The molecule has 2 aromatic rings. The number of pyridine rings is 1. The van der Waals surface area contributed by atoms with Crippen LogP contribution in [0.5, 0.6) is 0 Å². The predicted molar refractivity (Wildman–Crippen MR) is 121 cm³/mol. The first-order valence-corrected chi connectivity index (χ1v) is 10.2. The third-order valence-electron chi connectivity index (χ3n) is 5.43. The molecular weight excluding hydrogens is 421 g/mol. The van der Waals surface area contributed by atoms with E-state index in [1.165, 1.54) is 12.1 Å². The molecule has 0 bridgehead atoms. The molecule has 164 valence electrons. The van der Waals surface area contributed by atoms with Crippen molar-refractivity contribution in [2.75, 3.05) is 25.0 Å². The van der Waals surface area contributed by atoms with E-state index in [9.17, 15) is 14.3 Å². The van der Waals surface area contributed by atoms with Crippen molar-refractivity contribution in [1.29, 1.82) is 0 Å². The molecule has 7 nitrogen and oxygen atoms in total. The van der Waals surface area contributed by atoms with Crippen molar-refractivity contribution in [3.05, 3.63) is 63.7 Å². The first-order valence-electron chi connectivity index (χ1n) is 9.78. The quantitative estimate of drug-likeness (QED) is 0.611. The fourth-order valence-electron chi connectivity index (χ4n) is 3.64. The van der Waals surface area contributed by atoms with Crippen molar-refractivity contribution in [3.63, 3.8) is 0 Å². The van der Waals surface area contributed by atoms with Crippen molar-refractivity contribution >= 4 is 35.1 Å². The van der Waals surface area contributed by atoms with E-state index in [0.29, 0.717) is 59.8 Å². The lowest BCUT2D eigenvalue weighted by molar-refractivity contribution is 0.0116. The SMILES string of the molecule is CN=C/C(=C(/C)N)c1cc(C(N)=O)cc(N2CCC(O)(c3ccc(F)c(Cl)c3)CC2)n1. The van der Waals surface area contributed by atoms with E-state index < -0.39 is 17.3 Å². The zero-order valence-corrected chi connectivity index (χ0v) is 18.2. The van der Waals surface area contributed by atoms with Gasteiger partial charge in [-0.2, -0.15) is 0 Å². The summed E-state index contributed by atoms with van der Waals surface area (Å²) in [6.45, 7) is 2.65. The number of rotatable bonds is 5. The minimum Gasteiger partial charge on any atom is -0.402 e. The Labute approximate surface area is 185 Å². The van der Waals surface area contributed by atoms with Gasteiger partial charge in [0, 0.05) is 43.2 Å². The summed E-state index contributed by atoms with van der Waals surface area (Å²) >= 11 is 5.89. The molecule has 0 saturated carbocycles. The monoisotopic (exact) mass is 445 g/mol. The number of primary amides is 1. The Morgan fingerprint density at radius 1 is 1.29 bits per heavy atom. The first-order chi connectivity index (χ1) is 14.6. The van der Waals surface area contributed by atoms with Gasteiger partial charge in [0.05, 0.1) is 16.3 Å². The lowest BCUT2D eigenvalue weighted by Crippen LogP contribution is -2.43. The normalized spacial score (nSPS) is 17.0. The Morgan fingerprint density at radius 2 is 1.97 bits per heavy atom. The first kappa shape index (κ1) is 22.7. The van der Waals surface area contributed by atoms with Crippen LogP contribution >= 0.6 is 11.6 Å². The number of hydrogen-bond donors (Lipinski definition) is 3. The molecule has 0 aliphatic carbocycles. The van der Waals surface area contributed by atoms with Crippen LogP contribution in [0.15, 0.2) is 41.0 Å². The van der Waals surface area contributed by atoms with Gasteiger partial charge in [0.15, 0.2) is 0 Å². The average Bonchev–Trinajstić information content (AvgIpc) is 2.73. The van der Waals surface area contributed by atoms with E-state index in [4.69, 9.17) is 23.1 Å². The van der Waals surface area contributed by atoms with Gasteiger partial charge in [-0.05, 0) is 49.6 Å². The smallest absolute Gasteiger partial charge is 0.248 e. The Bertz CT molecular complexity index is 1060. The largest absolute Gasteiger partial charge is 0.402 e. The lowest BCUT2D eigenvalue weighted by Gasteiger charge is -2.39. The van der Waals surface area contributed by atoms with Crippen molar-refractivity contribution in [1.82, 2.24) is 4.98 Å². The van der Waals surface area contributed by atoms with Crippen LogP contribution in [-0.4, -0.2) is 42.3 Å². The fourth-order valence-corrected chi connectivity index (χ4v) is 3.82. The van der Waals surface area contributed by atoms with Crippen LogP contribution in [-0.2, 0) is 5.60 Å². The number of hydrogen-bond acceptors (Lipinski definition) is 6. The summed E-state index contributed by atoms with van der Waals surface area (Å²) in [7, 11) is 1.62. The Hall–Kier alpha value is -2.97. The van der Waals surface area contributed by atoms with E-state index in [1.54, 1.807) is 38.4 Å². The van der Waals surface area contributed by atoms with Gasteiger partial charge in [-0.15, -0.1) is 0 Å². The van der Waals surface area contributed by atoms with Crippen LogP contribution in [0.1, 0.15) is 41.4 Å². The summed E-state index contributed by atoms with van der Waals surface area (Å²) in [5.41, 5.74) is 12.8. The van der Waals surface area contributed by atoms with Gasteiger partial charge < -0.3 is 21.5 Å². The summed E-state index contributed by atoms with van der Waals surface area (Å²) in [6.07, 6.45) is 2.34. The second-order valence-corrected chi connectivity index (χ2v) is 8.00. The molecule has 3 rings (SSSR count). The highest BCUT2D eigenvalue weighted by Crippen LogP contribution is 2.36. The number of aromatic nitrogens is 1. The molecular formula is C22H25ClFN5O2.